The quantitative estimate of drug-likeness (QED) is 0.370. The minimum absolute atomic E-state index is 0.0646. The number of anilines is 1. The van der Waals surface area contributed by atoms with E-state index in [0.717, 1.165) is 16.4 Å². The number of amides is 2. The highest BCUT2D eigenvalue weighted by Gasteiger charge is 2.33. The lowest BCUT2D eigenvalue weighted by Crippen LogP contribution is -2.48. The summed E-state index contributed by atoms with van der Waals surface area (Å²) in [4.78, 5) is 27.3. The van der Waals surface area contributed by atoms with Gasteiger partial charge in [-0.25, -0.2) is 17.5 Å². The zero-order valence-electron chi connectivity index (χ0n) is 22.8. The monoisotopic (exact) mass is 589 g/mol. The molecule has 0 saturated carbocycles. The molecule has 2 amide bonds. The van der Waals surface area contributed by atoms with Crippen molar-refractivity contribution in [3.63, 3.8) is 0 Å². The molecule has 41 heavy (non-hydrogen) atoms. The molecule has 1 aromatic heterocycles. The standard InChI is InChI=1S/C26H32FN7O6S/c1-17-12-34(18(2)15-35)26(37)11-19-10-21(29-25(36)14-33-16-28-30-31-33)6-9-23(19)40-24(17)13-32(3)41(38,39)22-7-4-20(27)5-8-22/h4-10,16-18,24,35H,11-15H2,1-3H3,(H,29,36)/t17-,18+,24+/m1/s1. The van der Waals surface area contributed by atoms with Gasteiger partial charge in [0.05, 0.1) is 30.5 Å². The van der Waals surface area contributed by atoms with Gasteiger partial charge in [0.15, 0.2) is 0 Å². The van der Waals surface area contributed by atoms with Crippen LogP contribution in [0.4, 0.5) is 10.1 Å². The van der Waals surface area contributed by atoms with E-state index in [2.05, 4.69) is 20.8 Å². The average molecular weight is 590 g/mol. The van der Waals surface area contributed by atoms with E-state index in [-0.39, 0.29) is 55.3 Å². The Morgan fingerprint density at radius 2 is 2.00 bits per heavy atom. The topological polar surface area (TPSA) is 160 Å². The van der Waals surface area contributed by atoms with Crippen molar-refractivity contribution in [3.8, 4) is 5.75 Å². The van der Waals surface area contributed by atoms with E-state index in [9.17, 15) is 27.5 Å². The molecule has 2 N–H and O–H groups in total. The molecule has 0 radical (unpaired) electrons. The molecular formula is C26H32FN7O6S. The van der Waals surface area contributed by atoms with Gasteiger partial charge in [0.25, 0.3) is 0 Å². The van der Waals surface area contributed by atoms with Crippen LogP contribution in [-0.4, -0.2) is 93.6 Å². The third-order valence-corrected chi connectivity index (χ3v) is 8.69. The van der Waals surface area contributed by atoms with Gasteiger partial charge in [-0.3, -0.25) is 9.59 Å². The number of nitrogens with zero attached hydrogens (tertiary/aromatic N) is 6. The van der Waals surface area contributed by atoms with Crippen LogP contribution in [0.2, 0.25) is 0 Å². The van der Waals surface area contributed by atoms with E-state index in [0.29, 0.717) is 17.0 Å². The number of nitrogens with one attached hydrogen (secondary N) is 1. The first-order valence-corrected chi connectivity index (χ1v) is 14.3. The Labute approximate surface area is 236 Å². The second-order valence-corrected chi connectivity index (χ2v) is 12.1. The molecule has 15 heteroatoms. The number of aromatic nitrogens is 4. The Morgan fingerprint density at radius 1 is 1.27 bits per heavy atom. The predicted molar refractivity (Wildman–Crippen MR) is 145 cm³/mol. The summed E-state index contributed by atoms with van der Waals surface area (Å²) >= 11 is 0. The first-order valence-electron chi connectivity index (χ1n) is 12.9. The van der Waals surface area contributed by atoms with Crippen LogP contribution in [0.15, 0.2) is 53.7 Å². The summed E-state index contributed by atoms with van der Waals surface area (Å²) in [6, 6.07) is 8.92. The number of halogens is 1. The van der Waals surface area contributed by atoms with E-state index in [1.807, 2.05) is 6.92 Å². The Hall–Kier alpha value is -3.95. The number of sulfonamides is 1. The average Bonchev–Trinajstić information content (AvgIpc) is 3.45. The van der Waals surface area contributed by atoms with Crippen molar-refractivity contribution < 1.29 is 32.2 Å². The molecule has 220 valence electrons. The molecule has 0 unspecified atom stereocenters. The molecule has 1 aliphatic heterocycles. The number of hydrogen-bond acceptors (Lipinski definition) is 9. The third-order valence-electron chi connectivity index (χ3n) is 6.86. The Bertz CT molecular complexity index is 1470. The van der Waals surface area contributed by atoms with Crippen LogP contribution in [0.5, 0.6) is 5.75 Å². The van der Waals surface area contributed by atoms with Crippen LogP contribution in [0.1, 0.15) is 19.4 Å². The number of aliphatic hydroxyl groups excluding tert-OH is 1. The fourth-order valence-electron chi connectivity index (χ4n) is 4.46. The molecule has 4 rings (SSSR count). The molecule has 3 aromatic rings. The zero-order valence-corrected chi connectivity index (χ0v) is 23.7. The summed E-state index contributed by atoms with van der Waals surface area (Å²) in [5, 5.41) is 23.2. The van der Waals surface area contributed by atoms with Gasteiger partial charge in [-0.15, -0.1) is 5.10 Å². The number of benzene rings is 2. The van der Waals surface area contributed by atoms with Gasteiger partial charge in [0.2, 0.25) is 21.8 Å². The van der Waals surface area contributed by atoms with Gasteiger partial charge in [-0.2, -0.15) is 4.31 Å². The molecule has 0 bridgehead atoms. The summed E-state index contributed by atoms with van der Waals surface area (Å²) in [5.74, 6) is -1.18. The van der Waals surface area contributed by atoms with Crippen LogP contribution in [0.3, 0.4) is 0 Å². The molecule has 2 heterocycles. The molecule has 0 saturated heterocycles. The highest BCUT2D eigenvalue weighted by atomic mass is 32.2. The van der Waals surface area contributed by atoms with E-state index in [1.165, 1.54) is 30.2 Å². The van der Waals surface area contributed by atoms with Crippen LogP contribution >= 0.6 is 0 Å². The molecule has 1 aliphatic rings. The van der Waals surface area contributed by atoms with Gasteiger partial charge in [0.1, 0.15) is 30.5 Å². The van der Waals surface area contributed by atoms with Crippen molar-refractivity contribution in [2.75, 3.05) is 32.1 Å². The number of ether oxygens (including phenoxy) is 1. The summed E-state index contributed by atoms with van der Waals surface area (Å²) in [6.07, 6.45) is 0.537. The van der Waals surface area contributed by atoms with Crippen molar-refractivity contribution in [3.05, 3.63) is 60.2 Å². The first kappa shape index (κ1) is 30.0. The van der Waals surface area contributed by atoms with E-state index in [4.69, 9.17) is 4.74 Å². The number of rotatable bonds is 9. The molecule has 2 aromatic carbocycles. The Morgan fingerprint density at radius 3 is 2.66 bits per heavy atom. The fourth-order valence-corrected chi connectivity index (χ4v) is 5.65. The number of likely N-dealkylation sites (N-methyl/N-ethyl adjacent to an activating group) is 1. The Balaban J connectivity index is 1.62. The SMILES string of the molecule is C[C@@H]1CN([C@@H](C)CO)C(=O)Cc2cc(NC(=O)Cn3cnnn3)ccc2O[C@H]1CN(C)S(=O)(=O)c1ccc(F)cc1. The van der Waals surface area contributed by atoms with Gasteiger partial charge in [-0.1, -0.05) is 6.92 Å². The number of carbonyl (C=O) groups is 2. The van der Waals surface area contributed by atoms with Crippen molar-refractivity contribution in [2.45, 2.75) is 43.9 Å². The molecule has 3 atom stereocenters. The van der Waals surface area contributed by atoms with Gasteiger partial charge < -0.3 is 20.1 Å². The van der Waals surface area contributed by atoms with Gasteiger partial charge >= 0.3 is 0 Å². The fraction of sp³-hybridized carbons (Fsp3) is 0.423. The van der Waals surface area contributed by atoms with Crippen LogP contribution < -0.4 is 10.1 Å². The molecule has 0 spiro atoms. The van der Waals surface area contributed by atoms with Crippen molar-refractivity contribution in [1.82, 2.24) is 29.4 Å². The minimum Gasteiger partial charge on any atom is -0.488 e. The van der Waals surface area contributed by atoms with E-state index in [1.54, 1.807) is 30.0 Å². The Kier molecular flexibility index (Phi) is 9.30. The lowest BCUT2D eigenvalue weighted by atomic mass is 10.0. The second kappa shape index (κ2) is 12.7. The molecule has 13 nitrogen and oxygen atoms in total. The largest absolute Gasteiger partial charge is 0.488 e. The maximum absolute atomic E-state index is 13.4. The molecule has 0 aliphatic carbocycles. The molecule has 0 fully saturated rings. The number of aliphatic hydroxyl groups is 1. The minimum atomic E-state index is -3.97. The highest BCUT2D eigenvalue weighted by molar-refractivity contribution is 7.89. The summed E-state index contributed by atoms with van der Waals surface area (Å²) in [5.41, 5.74) is 0.897. The highest BCUT2D eigenvalue weighted by Crippen LogP contribution is 2.30. The number of fused-ring (bicyclic) bond motifs is 1. The van der Waals surface area contributed by atoms with Crippen LogP contribution in [-0.2, 0) is 32.6 Å². The summed E-state index contributed by atoms with van der Waals surface area (Å²) < 4.78 is 48.6. The lowest BCUT2D eigenvalue weighted by molar-refractivity contribution is -0.134. The third kappa shape index (κ3) is 7.23. The summed E-state index contributed by atoms with van der Waals surface area (Å²) in [7, 11) is -2.56. The maximum atomic E-state index is 13.4. The van der Waals surface area contributed by atoms with Crippen LogP contribution in [0.25, 0.3) is 0 Å². The van der Waals surface area contributed by atoms with Crippen molar-refractivity contribution in [1.29, 1.82) is 0 Å². The number of hydrogen-bond donors (Lipinski definition) is 2. The smallest absolute Gasteiger partial charge is 0.246 e. The molecular weight excluding hydrogens is 557 g/mol. The van der Waals surface area contributed by atoms with Gasteiger partial charge in [0, 0.05) is 30.8 Å². The van der Waals surface area contributed by atoms with Crippen molar-refractivity contribution >= 4 is 27.5 Å². The maximum Gasteiger partial charge on any atom is 0.246 e. The second-order valence-electron chi connectivity index (χ2n) is 10.0. The number of carbonyl (C=O) groups excluding carboxylic acids is 2. The number of tetrazole rings is 1. The van der Waals surface area contributed by atoms with Crippen LogP contribution in [0, 0.1) is 11.7 Å². The van der Waals surface area contributed by atoms with E-state index < -0.39 is 28.0 Å². The van der Waals surface area contributed by atoms with Crippen molar-refractivity contribution in [2.24, 2.45) is 5.92 Å². The van der Waals surface area contributed by atoms with Gasteiger partial charge in [-0.05, 0) is 59.8 Å². The zero-order chi connectivity index (χ0) is 29.7. The first-order chi connectivity index (χ1) is 19.5. The van der Waals surface area contributed by atoms with E-state index >= 15 is 0 Å². The summed E-state index contributed by atoms with van der Waals surface area (Å²) in [6.45, 7) is 3.32. The normalized spacial score (nSPS) is 18.6. The lowest BCUT2D eigenvalue weighted by Gasteiger charge is -2.33. The predicted octanol–water partition coefficient (Wildman–Crippen LogP) is 0.921.